The Morgan fingerprint density at radius 3 is 2.61 bits per heavy atom. The van der Waals surface area contributed by atoms with Crippen molar-refractivity contribution in [3.05, 3.63) is 53.6 Å². The highest BCUT2D eigenvalue weighted by Gasteiger charge is 2.08. The summed E-state index contributed by atoms with van der Waals surface area (Å²) in [7, 11) is 0. The van der Waals surface area contributed by atoms with Gasteiger partial charge >= 0.3 is 0 Å². The van der Waals surface area contributed by atoms with E-state index in [1.807, 2.05) is 32.0 Å². The van der Waals surface area contributed by atoms with Crippen molar-refractivity contribution >= 4 is 28.9 Å². The molecule has 0 saturated heterocycles. The molecule has 6 heteroatoms. The van der Waals surface area contributed by atoms with Gasteiger partial charge in [-0.1, -0.05) is 18.2 Å². The summed E-state index contributed by atoms with van der Waals surface area (Å²) < 4.78 is 5.43. The number of hydrogen-bond acceptors (Lipinski definition) is 4. The van der Waals surface area contributed by atoms with Crippen molar-refractivity contribution in [3.8, 4) is 11.5 Å². The third-order valence-electron chi connectivity index (χ3n) is 3.25. The van der Waals surface area contributed by atoms with E-state index in [0.717, 1.165) is 11.1 Å². The Kier molecular flexibility index (Phi) is 5.54. The van der Waals surface area contributed by atoms with Crippen molar-refractivity contribution in [1.29, 1.82) is 0 Å². The zero-order valence-electron chi connectivity index (χ0n) is 12.9. The van der Waals surface area contributed by atoms with Gasteiger partial charge in [0.1, 0.15) is 11.5 Å². The molecule has 0 aromatic heterocycles. The van der Waals surface area contributed by atoms with Crippen molar-refractivity contribution < 1.29 is 14.6 Å². The number of benzene rings is 2. The van der Waals surface area contributed by atoms with Gasteiger partial charge in [0.25, 0.3) is 5.91 Å². The predicted octanol–water partition coefficient (Wildman–Crippen LogP) is 2.90. The summed E-state index contributed by atoms with van der Waals surface area (Å²) in [5, 5.41) is 15.0. The van der Waals surface area contributed by atoms with E-state index in [4.69, 9.17) is 17.0 Å². The fourth-order valence-electron chi connectivity index (χ4n) is 1.85. The molecule has 2 aromatic carbocycles. The average molecular weight is 330 g/mol. The average Bonchev–Trinajstić information content (AvgIpc) is 2.51. The van der Waals surface area contributed by atoms with Crippen LogP contribution in [0.3, 0.4) is 0 Å². The highest BCUT2D eigenvalue weighted by Crippen LogP contribution is 2.21. The van der Waals surface area contributed by atoms with Gasteiger partial charge in [0.15, 0.2) is 11.7 Å². The van der Waals surface area contributed by atoms with Crippen molar-refractivity contribution in [1.82, 2.24) is 5.32 Å². The zero-order chi connectivity index (χ0) is 16.8. The van der Waals surface area contributed by atoms with Gasteiger partial charge in [-0.2, -0.15) is 0 Å². The standard InChI is InChI=1S/C17H18N2O3S/c1-11-7-8-13(9-12(11)2)22-10-16(21)19-17(23)18-14-5-3-4-6-15(14)20/h3-9,20H,10H2,1-2H3,(H2,18,19,21,23). The number of aryl methyl sites for hydroxylation is 2. The van der Waals surface area contributed by atoms with Crippen LogP contribution in [0.1, 0.15) is 11.1 Å². The van der Waals surface area contributed by atoms with Gasteiger partial charge in [-0.15, -0.1) is 0 Å². The van der Waals surface area contributed by atoms with Crippen molar-refractivity contribution in [3.63, 3.8) is 0 Å². The molecule has 0 saturated carbocycles. The molecule has 2 rings (SSSR count). The first-order valence-corrected chi connectivity index (χ1v) is 7.45. The van der Waals surface area contributed by atoms with Gasteiger partial charge < -0.3 is 15.2 Å². The molecule has 2 aromatic rings. The molecule has 23 heavy (non-hydrogen) atoms. The molecule has 0 aliphatic heterocycles. The van der Waals surface area contributed by atoms with Crippen molar-refractivity contribution in [2.24, 2.45) is 0 Å². The first kappa shape index (κ1) is 16.8. The van der Waals surface area contributed by atoms with Gasteiger partial charge in [0.05, 0.1) is 5.69 Å². The number of rotatable bonds is 4. The van der Waals surface area contributed by atoms with Crippen LogP contribution in [-0.2, 0) is 4.79 Å². The molecule has 0 bridgehead atoms. The minimum Gasteiger partial charge on any atom is -0.506 e. The van der Waals surface area contributed by atoms with Gasteiger partial charge in [-0.25, -0.2) is 0 Å². The number of carbonyl (C=O) groups excluding carboxylic acids is 1. The largest absolute Gasteiger partial charge is 0.506 e. The summed E-state index contributed by atoms with van der Waals surface area (Å²) in [5.41, 5.74) is 2.68. The molecule has 0 aliphatic carbocycles. The number of aromatic hydroxyl groups is 1. The summed E-state index contributed by atoms with van der Waals surface area (Å²) in [5.74, 6) is 0.300. The maximum absolute atomic E-state index is 11.8. The topological polar surface area (TPSA) is 70.6 Å². The molecular formula is C17H18N2O3S. The van der Waals surface area contributed by atoms with Gasteiger partial charge in [0.2, 0.25) is 0 Å². The number of ether oxygens (including phenoxy) is 1. The molecule has 5 nitrogen and oxygen atoms in total. The Balaban J connectivity index is 1.83. The lowest BCUT2D eigenvalue weighted by molar-refractivity contribution is -0.121. The third-order valence-corrected chi connectivity index (χ3v) is 3.46. The van der Waals surface area contributed by atoms with E-state index >= 15 is 0 Å². The van der Waals surface area contributed by atoms with Crippen LogP contribution in [0.25, 0.3) is 0 Å². The number of para-hydroxylation sites is 2. The molecular weight excluding hydrogens is 312 g/mol. The summed E-state index contributed by atoms with van der Waals surface area (Å²) in [4.78, 5) is 11.8. The number of thiocarbonyl (C=S) groups is 1. The Morgan fingerprint density at radius 2 is 1.91 bits per heavy atom. The first-order valence-electron chi connectivity index (χ1n) is 7.04. The maximum atomic E-state index is 11.8. The van der Waals surface area contributed by atoms with Crippen LogP contribution >= 0.6 is 12.2 Å². The quantitative estimate of drug-likeness (QED) is 0.594. The minimum absolute atomic E-state index is 0.0514. The molecule has 0 fully saturated rings. The van der Waals surface area contributed by atoms with Gasteiger partial charge in [-0.05, 0) is 61.5 Å². The van der Waals surface area contributed by atoms with Crippen LogP contribution < -0.4 is 15.4 Å². The molecule has 3 N–H and O–H groups in total. The molecule has 0 heterocycles. The van der Waals surface area contributed by atoms with Gasteiger partial charge in [-0.3, -0.25) is 10.1 Å². The van der Waals surface area contributed by atoms with Crippen LogP contribution in [0.4, 0.5) is 5.69 Å². The number of phenols is 1. The summed E-state index contributed by atoms with van der Waals surface area (Å²) in [6.45, 7) is 3.84. The van der Waals surface area contributed by atoms with Crippen LogP contribution in [0.15, 0.2) is 42.5 Å². The lowest BCUT2D eigenvalue weighted by Crippen LogP contribution is -2.37. The van der Waals surface area contributed by atoms with Crippen LogP contribution in [-0.4, -0.2) is 22.7 Å². The number of phenolic OH excluding ortho intramolecular Hbond substituents is 1. The lowest BCUT2D eigenvalue weighted by Gasteiger charge is -2.11. The van der Waals surface area contributed by atoms with Gasteiger partial charge in [0, 0.05) is 0 Å². The summed E-state index contributed by atoms with van der Waals surface area (Å²) >= 11 is 5.03. The molecule has 0 radical (unpaired) electrons. The molecule has 0 spiro atoms. The summed E-state index contributed by atoms with van der Waals surface area (Å²) in [6, 6.07) is 12.2. The highest BCUT2D eigenvalue weighted by atomic mass is 32.1. The normalized spacial score (nSPS) is 10.0. The van der Waals surface area contributed by atoms with E-state index in [1.165, 1.54) is 6.07 Å². The number of amides is 1. The number of carbonyl (C=O) groups is 1. The minimum atomic E-state index is -0.379. The predicted molar refractivity (Wildman–Crippen MR) is 93.9 cm³/mol. The zero-order valence-corrected chi connectivity index (χ0v) is 13.7. The Labute approximate surface area is 140 Å². The number of anilines is 1. The Hall–Kier alpha value is -2.60. The van der Waals surface area contributed by atoms with Crippen LogP contribution in [0.5, 0.6) is 11.5 Å². The first-order chi connectivity index (χ1) is 11.0. The Morgan fingerprint density at radius 1 is 1.17 bits per heavy atom. The molecule has 120 valence electrons. The molecule has 0 aliphatic rings. The second-order valence-electron chi connectivity index (χ2n) is 5.05. The van der Waals surface area contributed by atoms with Crippen LogP contribution in [0.2, 0.25) is 0 Å². The molecule has 1 amide bonds. The molecule has 0 unspecified atom stereocenters. The monoisotopic (exact) mass is 330 g/mol. The van der Waals surface area contributed by atoms with Crippen molar-refractivity contribution in [2.45, 2.75) is 13.8 Å². The van der Waals surface area contributed by atoms with E-state index in [2.05, 4.69) is 10.6 Å². The summed E-state index contributed by atoms with van der Waals surface area (Å²) in [6.07, 6.45) is 0. The third kappa shape index (κ3) is 4.96. The van der Waals surface area contributed by atoms with Crippen LogP contribution in [0, 0.1) is 13.8 Å². The second kappa shape index (κ2) is 7.60. The van der Waals surface area contributed by atoms with E-state index < -0.39 is 0 Å². The van der Waals surface area contributed by atoms with Crippen molar-refractivity contribution in [2.75, 3.05) is 11.9 Å². The second-order valence-corrected chi connectivity index (χ2v) is 5.46. The number of nitrogens with one attached hydrogen (secondary N) is 2. The smallest absolute Gasteiger partial charge is 0.264 e. The fourth-order valence-corrected chi connectivity index (χ4v) is 2.07. The SMILES string of the molecule is Cc1ccc(OCC(=O)NC(=S)Nc2ccccc2O)cc1C. The Bertz CT molecular complexity index is 732. The van der Waals surface area contributed by atoms with E-state index in [0.29, 0.717) is 11.4 Å². The fraction of sp³-hybridized carbons (Fsp3) is 0.176. The highest BCUT2D eigenvalue weighted by molar-refractivity contribution is 7.80. The lowest BCUT2D eigenvalue weighted by atomic mass is 10.1. The maximum Gasteiger partial charge on any atom is 0.264 e. The number of hydrogen-bond donors (Lipinski definition) is 3. The van der Waals surface area contributed by atoms with E-state index in [9.17, 15) is 9.90 Å². The van der Waals surface area contributed by atoms with E-state index in [-0.39, 0.29) is 23.4 Å². The molecule has 0 atom stereocenters. The van der Waals surface area contributed by atoms with E-state index in [1.54, 1.807) is 18.2 Å².